The second-order valence-electron chi connectivity index (χ2n) is 6.86. The smallest absolute Gasteiger partial charge is 0.120 e. The molecule has 0 saturated heterocycles. The third-order valence-corrected chi connectivity index (χ3v) is 5.37. The largest absolute Gasteiger partial charge is 0.494 e. The van der Waals surface area contributed by atoms with Gasteiger partial charge < -0.3 is 15.0 Å². The molecule has 1 aromatic heterocycles. The average molecular weight is 342 g/mol. The first kappa shape index (κ1) is 15.5. The first-order valence-corrected chi connectivity index (χ1v) is 9.33. The van der Waals surface area contributed by atoms with Crippen molar-refractivity contribution < 1.29 is 4.74 Å². The van der Waals surface area contributed by atoms with Gasteiger partial charge in [0.05, 0.1) is 12.6 Å². The van der Waals surface area contributed by atoms with Crippen LogP contribution in [0.15, 0.2) is 60.7 Å². The number of hydrogen-bond acceptors (Lipinski definition) is 2. The molecule has 0 saturated carbocycles. The van der Waals surface area contributed by atoms with Crippen LogP contribution < -0.4 is 10.1 Å². The number of H-pyrrole nitrogens is 1. The molecule has 4 aromatic rings. The van der Waals surface area contributed by atoms with E-state index in [1.165, 1.54) is 38.5 Å². The van der Waals surface area contributed by atoms with Gasteiger partial charge in [0.1, 0.15) is 5.75 Å². The molecule has 1 aliphatic rings. The fourth-order valence-corrected chi connectivity index (χ4v) is 4.23. The van der Waals surface area contributed by atoms with E-state index in [2.05, 4.69) is 64.9 Å². The average Bonchev–Trinajstić information content (AvgIpc) is 3.06. The first-order chi connectivity index (χ1) is 12.8. The Morgan fingerprint density at radius 1 is 1.00 bits per heavy atom. The minimum Gasteiger partial charge on any atom is -0.494 e. The Morgan fingerprint density at radius 2 is 1.88 bits per heavy atom. The molecule has 1 aliphatic heterocycles. The van der Waals surface area contributed by atoms with Gasteiger partial charge in [0.25, 0.3) is 0 Å². The quantitative estimate of drug-likeness (QED) is 0.552. The van der Waals surface area contributed by atoms with Gasteiger partial charge in [-0.1, -0.05) is 42.5 Å². The minimum absolute atomic E-state index is 0.188. The topological polar surface area (TPSA) is 37.0 Å². The molecule has 130 valence electrons. The number of rotatable bonds is 3. The molecule has 26 heavy (non-hydrogen) atoms. The van der Waals surface area contributed by atoms with E-state index in [9.17, 15) is 0 Å². The van der Waals surface area contributed by atoms with Crippen molar-refractivity contribution in [1.82, 2.24) is 10.3 Å². The van der Waals surface area contributed by atoms with Gasteiger partial charge in [0.2, 0.25) is 0 Å². The number of aromatic nitrogens is 1. The molecule has 3 heteroatoms. The van der Waals surface area contributed by atoms with Crippen LogP contribution in [0.2, 0.25) is 0 Å². The molecule has 1 unspecified atom stereocenters. The number of benzene rings is 3. The Hall–Kier alpha value is -2.78. The second kappa shape index (κ2) is 6.19. The van der Waals surface area contributed by atoms with Gasteiger partial charge in [-0.3, -0.25) is 0 Å². The summed E-state index contributed by atoms with van der Waals surface area (Å²) >= 11 is 0. The van der Waals surface area contributed by atoms with Crippen molar-refractivity contribution in [3.63, 3.8) is 0 Å². The molecule has 0 fully saturated rings. The lowest BCUT2D eigenvalue weighted by molar-refractivity contribution is 0.340. The Balaban J connectivity index is 1.69. The van der Waals surface area contributed by atoms with E-state index < -0.39 is 0 Å². The molecule has 3 nitrogen and oxygen atoms in total. The fourth-order valence-electron chi connectivity index (χ4n) is 4.23. The van der Waals surface area contributed by atoms with Gasteiger partial charge in [-0.25, -0.2) is 0 Å². The van der Waals surface area contributed by atoms with Crippen LogP contribution in [0.25, 0.3) is 21.7 Å². The Morgan fingerprint density at radius 3 is 2.81 bits per heavy atom. The zero-order chi connectivity index (χ0) is 17.5. The monoisotopic (exact) mass is 342 g/mol. The summed E-state index contributed by atoms with van der Waals surface area (Å²) in [6.07, 6.45) is 1.03. The summed E-state index contributed by atoms with van der Waals surface area (Å²) in [5.74, 6) is 0.946. The van der Waals surface area contributed by atoms with E-state index in [0.29, 0.717) is 6.61 Å². The molecule has 0 spiro atoms. The third-order valence-electron chi connectivity index (χ3n) is 5.37. The molecule has 0 amide bonds. The van der Waals surface area contributed by atoms with Crippen molar-refractivity contribution in [2.24, 2.45) is 0 Å². The van der Waals surface area contributed by atoms with E-state index in [4.69, 9.17) is 4.74 Å². The van der Waals surface area contributed by atoms with Crippen molar-refractivity contribution >= 4 is 21.7 Å². The Bertz CT molecular complexity index is 1090. The number of fused-ring (bicyclic) bond motifs is 4. The number of hydrogen-bond donors (Lipinski definition) is 2. The van der Waals surface area contributed by atoms with Gasteiger partial charge >= 0.3 is 0 Å². The van der Waals surface area contributed by atoms with Gasteiger partial charge in [0.15, 0.2) is 0 Å². The maximum absolute atomic E-state index is 5.71. The van der Waals surface area contributed by atoms with Crippen LogP contribution in [0.3, 0.4) is 0 Å². The summed E-state index contributed by atoms with van der Waals surface area (Å²) in [5, 5.41) is 7.61. The maximum Gasteiger partial charge on any atom is 0.120 e. The van der Waals surface area contributed by atoms with E-state index in [0.717, 1.165) is 18.7 Å². The van der Waals surface area contributed by atoms with Gasteiger partial charge in [-0.05, 0) is 53.4 Å². The summed E-state index contributed by atoms with van der Waals surface area (Å²) in [6.45, 7) is 3.70. The highest BCUT2D eigenvalue weighted by Gasteiger charge is 2.26. The molecule has 5 rings (SSSR count). The van der Waals surface area contributed by atoms with Crippen molar-refractivity contribution in [2.45, 2.75) is 19.4 Å². The summed E-state index contributed by atoms with van der Waals surface area (Å²) in [6, 6.07) is 21.8. The SMILES string of the molecule is CCOc1ccc2[nH]c3c(c2c1)CCNC3c1cccc2ccccc12. The van der Waals surface area contributed by atoms with Crippen LogP contribution in [0.4, 0.5) is 0 Å². The lowest BCUT2D eigenvalue weighted by Gasteiger charge is -2.26. The lowest BCUT2D eigenvalue weighted by atomic mass is 9.91. The van der Waals surface area contributed by atoms with Crippen LogP contribution in [0.1, 0.15) is 29.8 Å². The van der Waals surface area contributed by atoms with Crippen LogP contribution >= 0.6 is 0 Å². The van der Waals surface area contributed by atoms with E-state index in [1.807, 2.05) is 13.0 Å². The van der Waals surface area contributed by atoms with Gasteiger partial charge in [0, 0.05) is 23.1 Å². The number of aromatic amines is 1. The van der Waals surface area contributed by atoms with Gasteiger partial charge in [-0.2, -0.15) is 0 Å². The third kappa shape index (κ3) is 2.39. The standard InChI is InChI=1S/C23H22N2O/c1-2-26-16-10-11-21-20(14-16)19-12-13-24-22(23(19)25-21)18-9-5-7-15-6-3-4-8-17(15)18/h3-11,14,22,24-25H,2,12-13H2,1H3. The highest BCUT2D eigenvalue weighted by molar-refractivity contribution is 5.89. The van der Waals surface area contributed by atoms with E-state index >= 15 is 0 Å². The van der Waals surface area contributed by atoms with Crippen LogP contribution in [0, 0.1) is 0 Å². The summed E-state index contributed by atoms with van der Waals surface area (Å²) < 4.78 is 5.71. The predicted octanol–water partition coefficient (Wildman–Crippen LogP) is 4.95. The molecule has 0 radical (unpaired) electrons. The van der Waals surface area contributed by atoms with Crippen molar-refractivity contribution in [2.75, 3.05) is 13.2 Å². The number of ether oxygens (including phenoxy) is 1. The molecule has 2 heterocycles. The minimum atomic E-state index is 0.188. The molecule has 1 atom stereocenters. The van der Waals surface area contributed by atoms with Crippen LogP contribution in [-0.2, 0) is 6.42 Å². The van der Waals surface area contributed by atoms with E-state index in [1.54, 1.807) is 0 Å². The molecular formula is C23H22N2O. The molecule has 3 aromatic carbocycles. The highest BCUT2D eigenvalue weighted by atomic mass is 16.5. The predicted molar refractivity (Wildman–Crippen MR) is 107 cm³/mol. The Labute approximate surface area is 153 Å². The van der Waals surface area contributed by atoms with Gasteiger partial charge in [-0.15, -0.1) is 0 Å². The van der Waals surface area contributed by atoms with Crippen molar-refractivity contribution in [3.8, 4) is 5.75 Å². The summed E-state index contributed by atoms with van der Waals surface area (Å²) in [7, 11) is 0. The van der Waals surface area contributed by atoms with Crippen LogP contribution in [0.5, 0.6) is 5.75 Å². The maximum atomic E-state index is 5.71. The Kier molecular flexibility index (Phi) is 3.68. The zero-order valence-electron chi connectivity index (χ0n) is 14.9. The van der Waals surface area contributed by atoms with E-state index in [-0.39, 0.29) is 6.04 Å². The molecule has 0 bridgehead atoms. The molecular weight excluding hydrogens is 320 g/mol. The van der Waals surface area contributed by atoms with Crippen molar-refractivity contribution in [1.29, 1.82) is 0 Å². The zero-order valence-corrected chi connectivity index (χ0v) is 14.9. The number of nitrogens with one attached hydrogen (secondary N) is 2. The fraction of sp³-hybridized carbons (Fsp3) is 0.217. The summed E-state index contributed by atoms with van der Waals surface area (Å²) in [5.41, 5.74) is 5.22. The van der Waals surface area contributed by atoms with Crippen LogP contribution in [-0.4, -0.2) is 18.1 Å². The molecule has 0 aliphatic carbocycles. The molecule has 2 N–H and O–H groups in total. The lowest BCUT2D eigenvalue weighted by Crippen LogP contribution is -2.30. The first-order valence-electron chi connectivity index (χ1n) is 9.33. The highest BCUT2D eigenvalue weighted by Crippen LogP contribution is 2.37. The summed E-state index contributed by atoms with van der Waals surface area (Å²) in [4.78, 5) is 3.68. The normalized spacial score (nSPS) is 16.7. The second-order valence-corrected chi connectivity index (χ2v) is 6.86. The van der Waals surface area contributed by atoms with Crippen molar-refractivity contribution in [3.05, 3.63) is 77.5 Å².